The van der Waals surface area contributed by atoms with E-state index in [2.05, 4.69) is 0 Å². The maximum absolute atomic E-state index is 11.3. The summed E-state index contributed by atoms with van der Waals surface area (Å²) in [6, 6.07) is 5.39. The highest BCUT2D eigenvalue weighted by atomic mass is 35.5. The number of halogens is 1. The summed E-state index contributed by atoms with van der Waals surface area (Å²) in [6.45, 7) is 2.26. The second kappa shape index (κ2) is 6.51. The predicted octanol–water partition coefficient (Wildman–Crippen LogP) is 1.93. The number of carbonyl (C=O) groups is 1. The molecule has 0 fully saturated rings. The monoisotopic (exact) mass is 242 g/mol. The zero-order valence-electron chi connectivity index (χ0n) is 9.20. The summed E-state index contributed by atoms with van der Waals surface area (Å²) < 4.78 is 5.38. The largest absolute Gasteiger partial charge is 0.493 e. The SMILES string of the molecule is CCOc1cccc(CC(=O)CCl)c1CO. The van der Waals surface area contributed by atoms with Crippen LogP contribution in [0.1, 0.15) is 18.1 Å². The zero-order valence-corrected chi connectivity index (χ0v) is 9.96. The third-order valence-corrected chi connectivity index (χ3v) is 2.52. The van der Waals surface area contributed by atoms with E-state index in [-0.39, 0.29) is 24.7 Å². The van der Waals surface area contributed by atoms with Crippen LogP contribution >= 0.6 is 11.6 Å². The number of alkyl halides is 1. The van der Waals surface area contributed by atoms with E-state index >= 15 is 0 Å². The lowest BCUT2D eigenvalue weighted by Gasteiger charge is -2.12. The van der Waals surface area contributed by atoms with Crippen molar-refractivity contribution in [2.75, 3.05) is 12.5 Å². The lowest BCUT2D eigenvalue weighted by Crippen LogP contribution is -2.08. The summed E-state index contributed by atoms with van der Waals surface area (Å²) in [5.74, 6) is 0.555. The molecular weight excluding hydrogens is 228 g/mol. The molecule has 0 saturated heterocycles. The number of aliphatic hydroxyl groups excluding tert-OH is 1. The summed E-state index contributed by atoms with van der Waals surface area (Å²) in [5.41, 5.74) is 1.45. The highest BCUT2D eigenvalue weighted by Gasteiger charge is 2.11. The summed E-state index contributed by atoms with van der Waals surface area (Å²) in [7, 11) is 0. The van der Waals surface area contributed by atoms with E-state index in [1.54, 1.807) is 18.2 Å². The Balaban J connectivity index is 2.98. The second-order valence-corrected chi connectivity index (χ2v) is 3.60. The van der Waals surface area contributed by atoms with Gasteiger partial charge in [-0.15, -0.1) is 11.6 Å². The van der Waals surface area contributed by atoms with Crippen LogP contribution < -0.4 is 4.74 Å². The minimum absolute atomic E-state index is 0.0102. The number of aliphatic hydroxyl groups is 1. The van der Waals surface area contributed by atoms with E-state index in [1.807, 2.05) is 6.92 Å². The van der Waals surface area contributed by atoms with Gasteiger partial charge in [0.15, 0.2) is 5.78 Å². The summed E-state index contributed by atoms with van der Waals surface area (Å²) in [5, 5.41) is 9.29. The Morgan fingerprint density at radius 1 is 1.50 bits per heavy atom. The zero-order chi connectivity index (χ0) is 12.0. The number of ether oxygens (including phenoxy) is 1. The van der Waals surface area contributed by atoms with E-state index in [1.165, 1.54) is 0 Å². The number of benzene rings is 1. The van der Waals surface area contributed by atoms with Crippen molar-refractivity contribution in [1.29, 1.82) is 0 Å². The van der Waals surface area contributed by atoms with Crippen molar-refractivity contribution in [3.8, 4) is 5.75 Å². The third kappa shape index (κ3) is 3.22. The van der Waals surface area contributed by atoms with Crippen LogP contribution in [-0.4, -0.2) is 23.4 Å². The number of ketones is 1. The molecule has 0 saturated carbocycles. The maximum Gasteiger partial charge on any atom is 0.151 e. The van der Waals surface area contributed by atoms with Gasteiger partial charge in [0.25, 0.3) is 0 Å². The molecule has 0 unspecified atom stereocenters. The molecule has 0 amide bonds. The van der Waals surface area contributed by atoms with Crippen LogP contribution in [0.4, 0.5) is 0 Å². The van der Waals surface area contributed by atoms with Crippen molar-refractivity contribution in [2.45, 2.75) is 20.0 Å². The van der Waals surface area contributed by atoms with Crippen molar-refractivity contribution in [3.05, 3.63) is 29.3 Å². The highest BCUT2D eigenvalue weighted by Crippen LogP contribution is 2.23. The average Bonchev–Trinajstić information content (AvgIpc) is 2.29. The minimum atomic E-state index is -0.138. The number of hydrogen-bond donors (Lipinski definition) is 1. The summed E-state index contributed by atoms with van der Waals surface area (Å²) >= 11 is 5.46. The van der Waals surface area contributed by atoms with Crippen molar-refractivity contribution in [2.24, 2.45) is 0 Å². The van der Waals surface area contributed by atoms with Gasteiger partial charge in [-0.3, -0.25) is 4.79 Å². The van der Waals surface area contributed by atoms with Gasteiger partial charge in [0.1, 0.15) is 5.75 Å². The molecule has 0 aliphatic rings. The molecule has 0 radical (unpaired) electrons. The Morgan fingerprint density at radius 2 is 2.25 bits per heavy atom. The van der Waals surface area contributed by atoms with Gasteiger partial charge in [-0.25, -0.2) is 0 Å². The molecule has 16 heavy (non-hydrogen) atoms. The van der Waals surface area contributed by atoms with Crippen LogP contribution in [0, 0.1) is 0 Å². The molecule has 0 spiro atoms. The fourth-order valence-corrected chi connectivity index (χ4v) is 1.60. The van der Waals surface area contributed by atoms with Gasteiger partial charge in [0, 0.05) is 12.0 Å². The maximum atomic E-state index is 11.3. The van der Waals surface area contributed by atoms with Gasteiger partial charge in [0.05, 0.1) is 19.1 Å². The first kappa shape index (κ1) is 13.0. The van der Waals surface area contributed by atoms with Crippen molar-refractivity contribution < 1.29 is 14.6 Å². The Labute approximate surface area is 100.0 Å². The first-order valence-corrected chi connectivity index (χ1v) is 5.68. The molecule has 3 nitrogen and oxygen atoms in total. The van der Waals surface area contributed by atoms with Gasteiger partial charge in [0.2, 0.25) is 0 Å². The predicted molar refractivity (Wildman–Crippen MR) is 63.0 cm³/mol. The standard InChI is InChI=1S/C12H15ClO3/c1-2-16-12-5-3-4-9(11(12)8-14)6-10(15)7-13/h3-5,14H,2,6-8H2,1H3. The molecule has 88 valence electrons. The third-order valence-electron chi connectivity index (χ3n) is 2.22. The van der Waals surface area contributed by atoms with Crippen molar-refractivity contribution in [1.82, 2.24) is 0 Å². The van der Waals surface area contributed by atoms with Crippen LogP contribution in [0.5, 0.6) is 5.75 Å². The van der Waals surface area contributed by atoms with Crippen LogP contribution in [0.3, 0.4) is 0 Å². The van der Waals surface area contributed by atoms with Crippen LogP contribution in [0.2, 0.25) is 0 Å². The van der Waals surface area contributed by atoms with E-state index in [0.29, 0.717) is 17.9 Å². The molecule has 4 heteroatoms. The molecular formula is C12H15ClO3. The van der Waals surface area contributed by atoms with Crippen LogP contribution in [-0.2, 0) is 17.8 Å². The van der Waals surface area contributed by atoms with E-state index in [4.69, 9.17) is 16.3 Å². The minimum Gasteiger partial charge on any atom is -0.493 e. The smallest absolute Gasteiger partial charge is 0.151 e. The Morgan fingerprint density at radius 3 is 2.81 bits per heavy atom. The molecule has 1 aromatic rings. The van der Waals surface area contributed by atoms with E-state index in [9.17, 15) is 9.90 Å². The van der Waals surface area contributed by atoms with E-state index in [0.717, 1.165) is 5.56 Å². The number of carbonyl (C=O) groups excluding carboxylic acids is 1. The molecule has 0 aliphatic carbocycles. The molecule has 0 bridgehead atoms. The van der Waals surface area contributed by atoms with Gasteiger partial charge in [-0.1, -0.05) is 12.1 Å². The quantitative estimate of drug-likeness (QED) is 0.776. The fraction of sp³-hybridized carbons (Fsp3) is 0.417. The van der Waals surface area contributed by atoms with Gasteiger partial charge in [-0.05, 0) is 18.6 Å². The number of Topliss-reactive ketones (excluding diaryl/α,β-unsaturated/α-hetero) is 1. The lowest BCUT2D eigenvalue weighted by molar-refractivity contribution is -0.116. The molecule has 1 N–H and O–H groups in total. The van der Waals surface area contributed by atoms with Crippen LogP contribution in [0.15, 0.2) is 18.2 Å². The fourth-order valence-electron chi connectivity index (χ4n) is 1.51. The molecule has 0 aliphatic heterocycles. The Bertz CT molecular complexity index is 363. The van der Waals surface area contributed by atoms with Crippen molar-refractivity contribution >= 4 is 17.4 Å². The Kier molecular flexibility index (Phi) is 5.29. The van der Waals surface area contributed by atoms with Gasteiger partial charge < -0.3 is 9.84 Å². The van der Waals surface area contributed by atoms with Crippen LogP contribution in [0.25, 0.3) is 0 Å². The Hall–Kier alpha value is -1.06. The molecule has 0 aromatic heterocycles. The molecule has 0 heterocycles. The average molecular weight is 243 g/mol. The first-order chi connectivity index (χ1) is 7.72. The highest BCUT2D eigenvalue weighted by molar-refractivity contribution is 6.27. The normalized spacial score (nSPS) is 10.2. The number of rotatable bonds is 6. The molecule has 1 aromatic carbocycles. The van der Waals surface area contributed by atoms with Gasteiger partial charge >= 0.3 is 0 Å². The summed E-state index contributed by atoms with van der Waals surface area (Å²) in [6.07, 6.45) is 0.236. The lowest BCUT2D eigenvalue weighted by atomic mass is 10.0. The first-order valence-electron chi connectivity index (χ1n) is 5.15. The molecule has 0 atom stereocenters. The number of hydrogen-bond acceptors (Lipinski definition) is 3. The molecule has 1 rings (SSSR count). The van der Waals surface area contributed by atoms with E-state index < -0.39 is 0 Å². The van der Waals surface area contributed by atoms with Crippen molar-refractivity contribution in [3.63, 3.8) is 0 Å². The summed E-state index contributed by atoms with van der Waals surface area (Å²) in [4.78, 5) is 11.3. The second-order valence-electron chi connectivity index (χ2n) is 3.33. The van der Waals surface area contributed by atoms with Gasteiger partial charge in [-0.2, -0.15) is 0 Å². The topological polar surface area (TPSA) is 46.5 Å².